The molecule has 33 heavy (non-hydrogen) atoms. The molecule has 0 saturated heterocycles. The fourth-order valence-electron chi connectivity index (χ4n) is 4.36. The number of thiophene rings is 3. The van der Waals surface area contributed by atoms with Crippen molar-refractivity contribution in [1.29, 1.82) is 0 Å². The zero-order chi connectivity index (χ0) is 23.1. The second kappa shape index (κ2) is 15.9. The molecule has 0 radical (unpaired) electrons. The summed E-state index contributed by atoms with van der Waals surface area (Å²) in [6, 6.07) is 13.0. The van der Waals surface area contributed by atoms with Crippen molar-refractivity contribution >= 4 is 34.0 Å². The molecule has 1 N–H and O–H groups in total. The van der Waals surface area contributed by atoms with E-state index in [1.807, 2.05) is 11.3 Å². The first kappa shape index (κ1) is 26.7. The van der Waals surface area contributed by atoms with Gasteiger partial charge in [-0.2, -0.15) is 0 Å². The molecule has 0 saturated carbocycles. The molecule has 0 aliphatic heterocycles. The molecule has 0 aliphatic carbocycles. The van der Waals surface area contributed by atoms with Crippen LogP contribution in [0, 0.1) is 0 Å². The van der Waals surface area contributed by atoms with Crippen LogP contribution >= 0.6 is 34.0 Å². The van der Waals surface area contributed by atoms with Gasteiger partial charge in [-0.25, -0.2) is 0 Å². The first-order chi connectivity index (χ1) is 16.3. The minimum Gasteiger partial charge on any atom is -0.388 e. The minimum atomic E-state index is -0.308. The summed E-state index contributed by atoms with van der Waals surface area (Å²) in [7, 11) is 0. The second-order valence-electron chi connectivity index (χ2n) is 9.24. The van der Waals surface area contributed by atoms with Gasteiger partial charge < -0.3 is 5.11 Å². The maximum Gasteiger partial charge on any atom is 0.0882 e. The van der Waals surface area contributed by atoms with E-state index in [2.05, 4.69) is 48.7 Å². The summed E-state index contributed by atoms with van der Waals surface area (Å²) in [6.45, 7) is 2.29. The van der Waals surface area contributed by atoms with Crippen LogP contribution in [0.2, 0.25) is 0 Å². The fourth-order valence-corrected chi connectivity index (χ4v) is 7.32. The van der Waals surface area contributed by atoms with Gasteiger partial charge in [0, 0.05) is 24.4 Å². The largest absolute Gasteiger partial charge is 0.388 e. The SMILES string of the molecule is CCCCCCCCCCCCCCCCC(O)c1ccc(-c2ccc(-c3cccs3)s2)s1. The lowest BCUT2D eigenvalue weighted by Gasteiger charge is -2.08. The molecule has 3 heterocycles. The van der Waals surface area contributed by atoms with Crippen molar-refractivity contribution in [2.45, 2.75) is 109 Å². The fraction of sp³-hybridized carbons (Fsp3) is 0.586. The Morgan fingerprint density at radius 1 is 0.606 bits per heavy atom. The van der Waals surface area contributed by atoms with Crippen molar-refractivity contribution in [2.24, 2.45) is 0 Å². The highest BCUT2D eigenvalue weighted by Gasteiger charge is 2.13. The van der Waals surface area contributed by atoms with Gasteiger partial charge >= 0.3 is 0 Å². The van der Waals surface area contributed by atoms with Gasteiger partial charge in [0.05, 0.1) is 6.10 Å². The van der Waals surface area contributed by atoms with Crippen LogP contribution in [-0.4, -0.2) is 5.11 Å². The standard InChI is InChI=1S/C29H42OS3/c1-2-3-4-5-6-7-8-9-10-11-12-13-14-15-17-24(30)25-19-20-28(32-25)29-22-21-27(33-29)26-18-16-23-31-26/h16,18-24,30H,2-15,17H2,1H3. The summed E-state index contributed by atoms with van der Waals surface area (Å²) in [5.74, 6) is 0. The zero-order valence-electron chi connectivity index (χ0n) is 20.4. The van der Waals surface area contributed by atoms with E-state index in [9.17, 15) is 5.11 Å². The predicted octanol–water partition coefficient (Wildman–Crippen LogP) is 11.1. The molecule has 1 nitrogen and oxygen atoms in total. The molecule has 0 bridgehead atoms. The molecule has 1 atom stereocenters. The maximum absolute atomic E-state index is 10.6. The molecule has 4 heteroatoms. The van der Waals surface area contributed by atoms with E-state index in [0.29, 0.717) is 0 Å². The molecule has 0 spiro atoms. The van der Waals surface area contributed by atoms with Crippen molar-refractivity contribution in [1.82, 2.24) is 0 Å². The number of hydrogen-bond acceptors (Lipinski definition) is 4. The Hall–Kier alpha value is -0.940. The van der Waals surface area contributed by atoms with E-state index in [4.69, 9.17) is 0 Å². The van der Waals surface area contributed by atoms with Crippen molar-refractivity contribution < 1.29 is 5.11 Å². The van der Waals surface area contributed by atoms with Crippen LogP contribution in [0.3, 0.4) is 0 Å². The summed E-state index contributed by atoms with van der Waals surface area (Å²) < 4.78 is 0. The summed E-state index contributed by atoms with van der Waals surface area (Å²) in [5.41, 5.74) is 0. The van der Waals surface area contributed by atoms with Gasteiger partial charge in [-0.1, -0.05) is 103 Å². The van der Waals surface area contributed by atoms with Crippen LogP contribution in [0.15, 0.2) is 41.8 Å². The summed E-state index contributed by atoms with van der Waals surface area (Å²) >= 11 is 5.39. The van der Waals surface area contributed by atoms with Crippen LogP contribution in [0.5, 0.6) is 0 Å². The lowest BCUT2D eigenvalue weighted by Crippen LogP contribution is -1.94. The monoisotopic (exact) mass is 502 g/mol. The van der Waals surface area contributed by atoms with Gasteiger partial charge in [0.25, 0.3) is 0 Å². The van der Waals surface area contributed by atoms with E-state index in [-0.39, 0.29) is 6.10 Å². The summed E-state index contributed by atoms with van der Waals surface area (Å²) in [4.78, 5) is 6.36. The summed E-state index contributed by atoms with van der Waals surface area (Å²) in [5, 5.41) is 12.8. The molecule has 0 aromatic carbocycles. The third-order valence-electron chi connectivity index (χ3n) is 6.40. The Kier molecular flexibility index (Phi) is 12.8. The highest BCUT2D eigenvalue weighted by Crippen LogP contribution is 2.40. The average molecular weight is 503 g/mol. The van der Waals surface area contributed by atoms with Crippen LogP contribution in [0.25, 0.3) is 19.5 Å². The normalized spacial score (nSPS) is 12.4. The van der Waals surface area contributed by atoms with E-state index in [1.165, 1.54) is 103 Å². The summed E-state index contributed by atoms with van der Waals surface area (Å²) in [6.07, 6.45) is 19.8. The van der Waals surface area contributed by atoms with Gasteiger partial charge in [0.1, 0.15) is 0 Å². The highest BCUT2D eigenvalue weighted by atomic mass is 32.1. The topological polar surface area (TPSA) is 20.2 Å². The molecule has 3 aromatic heterocycles. The Bertz CT molecular complexity index is 861. The molecule has 3 rings (SSSR count). The van der Waals surface area contributed by atoms with Gasteiger partial charge in [-0.3, -0.25) is 0 Å². The molecule has 182 valence electrons. The van der Waals surface area contributed by atoms with Crippen LogP contribution in [0.4, 0.5) is 0 Å². The molecule has 1 unspecified atom stereocenters. The van der Waals surface area contributed by atoms with Gasteiger partial charge in [0.2, 0.25) is 0 Å². The molecular formula is C29H42OS3. The van der Waals surface area contributed by atoms with Crippen LogP contribution < -0.4 is 0 Å². The van der Waals surface area contributed by atoms with E-state index in [1.54, 1.807) is 22.7 Å². The first-order valence-electron chi connectivity index (χ1n) is 13.2. The molecule has 0 amide bonds. The number of aliphatic hydroxyl groups excluding tert-OH is 1. The van der Waals surface area contributed by atoms with Crippen molar-refractivity contribution in [2.75, 3.05) is 0 Å². The highest BCUT2D eigenvalue weighted by molar-refractivity contribution is 7.26. The smallest absolute Gasteiger partial charge is 0.0882 e. The number of aliphatic hydroxyl groups is 1. The minimum absolute atomic E-state index is 0.308. The number of rotatable bonds is 18. The average Bonchev–Trinajstić information content (AvgIpc) is 3.60. The van der Waals surface area contributed by atoms with Gasteiger partial charge in [-0.15, -0.1) is 34.0 Å². The number of hydrogen-bond donors (Lipinski definition) is 1. The quantitative estimate of drug-likeness (QED) is 0.171. The zero-order valence-corrected chi connectivity index (χ0v) is 22.8. The lowest BCUT2D eigenvalue weighted by molar-refractivity contribution is 0.167. The van der Waals surface area contributed by atoms with Crippen molar-refractivity contribution in [3.8, 4) is 19.5 Å². The van der Waals surface area contributed by atoms with Crippen molar-refractivity contribution in [3.63, 3.8) is 0 Å². The molecule has 0 fully saturated rings. The van der Waals surface area contributed by atoms with Crippen LogP contribution in [-0.2, 0) is 0 Å². The third-order valence-corrected chi connectivity index (χ3v) is 9.93. The van der Waals surface area contributed by atoms with E-state index >= 15 is 0 Å². The Morgan fingerprint density at radius 3 is 1.70 bits per heavy atom. The Balaban J connectivity index is 1.22. The molecular weight excluding hydrogens is 461 g/mol. The Labute approximate surface area is 213 Å². The second-order valence-corrected chi connectivity index (χ2v) is 12.4. The molecule has 0 aliphatic rings. The lowest BCUT2D eigenvalue weighted by atomic mass is 10.0. The van der Waals surface area contributed by atoms with E-state index in [0.717, 1.165) is 17.7 Å². The van der Waals surface area contributed by atoms with Crippen LogP contribution in [0.1, 0.15) is 114 Å². The van der Waals surface area contributed by atoms with Gasteiger partial charge in [-0.05, 0) is 42.1 Å². The van der Waals surface area contributed by atoms with Crippen molar-refractivity contribution in [3.05, 3.63) is 46.7 Å². The van der Waals surface area contributed by atoms with E-state index < -0.39 is 0 Å². The van der Waals surface area contributed by atoms with Gasteiger partial charge in [0.15, 0.2) is 0 Å². The predicted molar refractivity (Wildman–Crippen MR) is 151 cm³/mol. The third kappa shape index (κ3) is 9.68. The molecule has 3 aromatic rings. The maximum atomic E-state index is 10.6. The number of unbranched alkanes of at least 4 members (excludes halogenated alkanes) is 13. The first-order valence-corrected chi connectivity index (χ1v) is 15.7. The Morgan fingerprint density at radius 2 is 1.12 bits per heavy atom.